The SMILES string of the molecule is Cl.c1cnc2sc(C3CCNCC3)cc2c1. The zero-order valence-corrected chi connectivity index (χ0v) is 10.6. The van der Waals surface area contributed by atoms with Crippen LogP contribution in [-0.2, 0) is 0 Å². The molecule has 0 amide bonds. The van der Waals surface area contributed by atoms with Crippen LogP contribution in [0.5, 0.6) is 0 Å². The summed E-state index contributed by atoms with van der Waals surface area (Å²) >= 11 is 1.86. The molecule has 1 aliphatic rings. The van der Waals surface area contributed by atoms with Crippen LogP contribution in [0.25, 0.3) is 10.2 Å². The standard InChI is InChI=1S/C12H14N2S.ClH/c1-2-10-8-11(15-12(10)14-5-1)9-3-6-13-7-4-9;/h1-2,5,8-9,13H,3-4,6-7H2;1H. The average molecular weight is 255 g/mol. The maximum absolute atomic E-state index is 4.40. The maximum Gasteiger partial charge on any atom is 0.123 e. The molecule has 1 aliphatic heterocycles. The fourth-order valence-electron chi connectivity index (χ4n) is 2.20. The van der Waals surface area contributed by atoms with E-state index >= 15 is 0 Å². The smallest absolute Gasteiger partial charge is 0.123 e. The predicted molar refractivity (Wildman–Crippen MR) is 71.7 cm³/mol. The number of hydrogen-bond acceptors (Lipinski definition) is 3. The van der Waals surface area contributed by atoms with Crippen molar-refractivity contribution in [2.24, 2.45) is 0 Å². The Morgan fingerprint density at radius 3 is 2.88 bits per heavy atom. The quantitative estimate of drug-likeness (QED) is 0.846. The number of rotatable bonds is 1. The zero-order valence-electron chi connectivity index (χ0n) is 8.98. The summed E-state index contributed by atoms with van der Waals surface area (Å²) in [6.45, 7) is 2.32. The molecule has 0 unspecified atom stereocenters. The summed E-state index contributed by atoms with van der Waals surface area (Å²) in [5.41, 5.74) is 0. The van der Waals surface area contributed by atoms with Crippen molar-refractivity contribution < 1.29 is 0 Å². The summed E-state index contributed by atoms with van der Waals surface area (Å²) in [4.78, 5) is 7.10. The molecule has 86 valence electrons. The van der Waals surface area contributed by atoms with Crippen LogP contribution in [0.2, 0.25) is 0 Å². The number of piperidine rings is 1. The fraction of sp³-hybridized carbons (Fsp3) is 0.417. The van der Waals surface area contributed by atoms with Crippen molar-refractivity contribution in [3.63, 3.8) is 0 Å². The first-order valence-electron chi connectivity index (χ1n) is 5.49. The van der Waals surface area contributed by atoms with E-state index in [0.717, 1.165) is 19.0 Å². The van der Waals surface area contributed by atoms with Gasteiger partial charge in [-0.25, -0.2) is 4.98 Å². The van der Waals surface area contributed by atoms with E-state index in [-0.39, 0.29) is 12.4 Å². The molecule has 0 radical (unpaired) electrons. The van der Waals surface area contributed by atoms with Gasteiger partial charge < -0.3 is 5.32 Å². The van der Waals surface area contributed by atoms with Crippen LogP contribution >= 0.6 is 23.7 Å². The second-order valence-electron chi connectivity index (χ2n) is 4.07. The maximum atomic E-state index is 4.40. The van der Waals surface area contributed by atoms with Gasteiger partial charge in [-0.05, 0) is 44.0 Å². The van der Waals surface area contributed by atoms with Crippen LogP contribution in [0, 0.1) is 0 Å². The molecule has 2 aromatic heterocycles. The Kier molecular flexibility index (Phi) is 3.79. The second-order valence-corrected chi connectivity index (χ2v) is 5.13. The highest BCUT2D eigenvalue weighted by Gasteiger charge is 2.17. The van der Waals surface area contributed by atoms with Crippen molar-refractivity contribution in [1.29, 1.82) is 0 Å². The van der Waals surface area contributed by atoms with Gasteiger partial charge in [0.1, 0.15) is 4.83 Å². The van der Waals surface area contributed by atoms with E-state index in [9.17, 15) is 0 Å². The van der Waals surface area contributed by atoms with Gasteiger partial charge >= 0.3 is 0 Å². The number of aromatic nitrogens is 1. The number of thiophene rings is 1. The molecule has 0 saturated carbocycles. The first-order valence-corrected chi connectivity index (χ1v) is 6.30. The van der Waals surface area contributed by atoms with Crippen LogP contribution < -0.4 is 5.32 Å². The predicted octanol–water partition coefficient (Wildman–Crippen LogP) is 3.19. The van der Waals surface area contributed by atoms with Crippen LogP contribution in [0.3, 0.4) is 0 Å². The molecule has 4 heteroatoms. The van der Waals surface area contributed by atoms with Crippen LogP contribution in [0.4, 0.5) is 0 Å². The molecule has 0 spiro atoms. The van der Waals surface area contributed by atoms with Gasteiger partial charge in [-0.2, -0.15) is 0 Å². The van der Waals surface area contributed by atoms with Gasteiger partial charge in [0.15, 0.2) is 0 Å². The molecule has 0 aliphatic carbocycles. The van der Waals surface area contributed by atoms with Crippen molar-refractivity contribution >= 4 is 34.0 Å². The molecule has 1 saturated heterocycles. The van der Waals surface area contributed by atoms with Crippen LogP contribution in [-0.4, -0.2) is 18.1 Å². The van der Waals surface area contributed by atoms with E-state index in [1.54, 1.807) is 0 Å². The Morgan fingerprint density at radius 1 is 1.31 bits per heavy atom. The Bertz CT molecular complexity index is 430. The summed E-state index contributed by atoms with van der Waals surface area (Å²) in [5, 5.41) is 4.71. The highest BCUT2D eigenvalue weighted by Crippen LogP contribution is 2.33. The Balaban J connectivity index is 0.000000963. The molecule has 0 bridgehead atoms. The monoisotopic (exact) mass is 254 g/mol. The lowest BCUT2D eigenvalue weighted by Crippen LogP contribution is -2.26. The Labute approximate surface area is 105 Å². The fourth-order valence-corrected chi connectivity index (χ4v) is 3.37. The average Bonchev–Trinajstić information content (AvgIpc) is 2.74. The third-order valence-electron chi connectivity index (χ3n) is 3.05. The van der Waals surface area contributed by atoms with Crippen molar-refractivity contribution in [3.8, 4) is 0 Å². The number of pyridine rings is 1. The summed E-state index contributed by atoms with van der Waals surface area (Å²) < 4.78 is 0. The van der Waals surface area contributed by atoms with Gasteiger partial charge in [-0.15, -0.1) is 23.7 Å². The minimum Gasteiger partial charge on any atom is -0.317 e. The first kappa shape index (κ1) is 11.8. The lowest BCUT2D eigenvalue weighted by molar-refractivity contribution is 0.465. The normalized spacial score (nSPS) is 17.2. The molecule has 0 atom stereocenters. The van der Waals surface area contributed by atoms with E-state index < -0.39 is 0 Å². The lowest BCUT2D eigenvalue weighted by Gasteiger charge is -2.21. The van der Waals surface area contributed by atoms with Crippen molar-refractivity contribution in [2.45, 2.75) is 18.8 Å². The van der Waals surface area contributed by atoms with Gasteiger partial charge in [0.05, 0.1) is 0 Å². The molecule has 2 aromatic rings. The van der Waals surface area contributed by atoms with Crippen LogP contribution in [0.1, 0.15) is 23.6 Å². The topological polar surface area (TPSA) is 24.9 Å². The van der Waals surface area contributed by atoms with Crippen molar-refractivity contribution in [2.75, 3.05) is 13.1 Å². The Hall–Kier alpha value is -0.640. The summed E-state index contributed by atoms with van der Waals surface area (Å²) in [7, 11) is 0. The van der Waals surface area contributed by atoms with Crippen molar-refractivity contribution in [1.82, 2.24) is 10.3 Å². The van der Waals surface area contributed by atoms with Gasteiger partial charge in [0, 0.05) is 16.5 Å². The van der Waals surface area contributed by atoms with E-state index in [4.69, 9.17) is 0 Å². The summed E-state index contributed by atoms with van der Waals surface area (Å²) in [5.74, 6) is 0.755. The first-order chi connectivity index (χ1) is 7.43. The number of fused-ring (bicyclic) bond motifs is 1. The lowest BCUT2D eigenvalue weighted by atomic mass is 9.96. The minimum atomic E-state index is 0. The third kappa shape index (κ3) is 2.21. The molecule has 1 N–H and O–H groups in total. The summed E-state index contributed by atoms with van der Waals surface area (Å²) in [6, 6.07) is 6.49. The third-order valence-corrected chi connectivity index (χ3v) is 4.28. The van der Waals surface area contributed by atoms with E-state index in [0.29, 0.717) is 0 Å². The van der Waals surface area contributed by atoms with Crippen molar-refractivity contribution in [3.05, 3.63) is 29.3 Å². The molecule has 16 heavy (non-hydrogen) atoms. The number of nitrogens with zero attached hydrogens (tertiary/aromatic N) is 1. The van der Waals surface area contributed by atoms with E-state index in [2.05, 4.69) is 22.4 Å². The molecule has 3 heterocycles. The number of halogens is 1. The Morgan fingerprint density at radius 2 is 2.12 bits per heavy atom. The zero-order chi connectivity index (χ0) is 10.1. The second kappa shape index (κ2) is 5.13. The van der Waals surface area contributed by atoms with Gasteiger partial charge in [0.2, 0.25) is 0 Å². The molecular formula is C12H15ClN2S. The highest BCUT2D eigenvalue weighted by molar-refractivity contribution is 7.18. The molecular weight excluding hydrogens is 240 g/mol. The summed E-state index contributed by atoms with van der Waals surface area (Å²) in [6.07, 6.45) is 4.42. The van der Waals surface area contributed by atoms with Gasteiger partial charge in [-0.1, -0.05) is 6.07 Å². The largest absolute Gasteiger partial charge is 0.317 e. The molecule has 3 rings (SSSR count). The minimum absolute atomic E-state index is 0. The van der Waals surface area contributed by atoms with Crippen LogP contribution in [0.15, 0.2) is 24.4 Å². The van der Waals surface area contributed by atoms with Gasteiger partial charge in [-0.3, -0.25) is 0 Å². The molecule has 2 nitrogen and oxygen atoms in total. The number of hydrogen-bond donors (Lipinski definition) is 1. The van der Waals surface area contributed by atoms with E-state index in [1.807, 2.05) is 23.6 Å². The highest BCUT2D eigenvalue weighted by atomic mass is 35.5. The molecule has 1 fully saturated rings. The van der Waals surface area contributed by atoms with Gasteiger partial charge in [0.25, 0.3) is 0 Å². The number of nitrogens with one attached hydrogen (secondary N) is 1. The molecule has 0 aromatic carbocycles. The van der Waals surface area contributed by atoms with E-state index in [1.165, 1.54) is 27.9 Å².